The van der Waals surface area contributed by atoms with Crippen molar-refractivity contribution in [1.29, 1.82) is 5.41 Å². The molecule has 1 aliphatic rings. The highest BCUT2D eigenvalue weighted by molar-refractivity contribution is 7.13. The normalized spacial score (nSPS) is 19.2. The lowest BCUT2D eigenvalue weighted by molar-refractivity contribution is -0.142. The molecule has 1 fully saturated rings. The van der Waals surface area contributed by atoms with Crippen LogP contribution in [-0.4, -0.2) is 56.3 Å². The number of benzene rings is 1. The molecule has 0 radical (unpaired) electrons. The van der Waals surface area contributed by atoms with Crippen molar-refractivity contribution in [3.05, 3.63) is 52.4 Å². The van der Waals surface area contributed by atoms with Crippen LogP contribution in [0.4, 0.5) is 0 Å². The lowest BCUT2D eigenvalue weighted by Crippen LogP contribution is -2.48. The molecule has 0 bridgehead atoms. The predicted octanol–water partition coefficient (Wildman–Crippen LogP) is 3.76. The van der Waals surface area contributed by atoms with E-state index in [-0.39, 0.29) is 36.3 Å². The summed E-state index contributed by atoms with van der Waals surface area (Å²) in [5.41, 5.74) is 6.01. The highest BCUT2D eigenvalue weighted by Crippen LogP contribution is 2.29. The fraction of sp³-hybridized carbons (Fsp3) is 0.462. The molecule has 0 aliphatic carbocycles. The maximum absolute atomic E-state index is 13.3. The molecule has 3 atom stereocenters. The van der Waals surface area contributed by atoms with E-state index in [1.165, 1.54) is 17.9 Å². The summed E-state index contributed by atoms with van der Waals surface area (Å²) in [5.74, 6) is -2.10. The van der Waals surface area contributed by atoms with Crippen LogP contribution >= 0.6 is 11.3 Å². The number of aromatic nitrogens is 1. The van der Waals surface area contributed by atoms with E-state index in [4.69, 9.17) is 5.41 Å². The van der Waals surface area contributed by atoms with Gasteiger partial charge in [0, 0.05) is 25.2 Å². The van der Waals surface area contributed by atoms with Gasteiger partial charge in [0.25, 0.3) is 0 Å². The summed E-state index contributed by atoms with van der Waals surface area (Å²) in [6.07, 6.45) is 0.574. The van der Waals surface area contributed by atoms with Crippen LogP contribution in [0, 0.1) is 31.1 Å². The molecule has 188 valence electrons. The molecule has 1 saturated heterocycles. The third-order valence-corrected chi connectivity index (χ3v) is 7.26. The number of β-amino-alcohol motifs (C(OH)–C–C–N with tert-alkyl or cyclic N) is 1. The second kappa shape index (κ2) is 11.1. The monoisotopic (exact) mass is 498 g/mol. The number of hydrogen-bond acceptors (Lipinski definition) is 7. The molecule has 1 aromatic heterocycles. The Kier molecular flexibility index (Phi) is 8.45. The van der Waals surface area contributed by atoms with E-state index in [1.54, 1.807) is 25.2 Å². The molecular formula is C26H34N4O4S. The van der Waals surface area contributed by atoms with Crippen LogP contribution in [0.3, 0.4) is 0 Å². The molecule has 1 aromatic carbocycles. The lowest BCUT2D eigenvalue weighted by atomic mass is 9.91. The van der Waals surface area contributed by atoms with Crippen LogP contribution in [0.1, 0.15) is 44.0 Å². The van der Waals surface area contributed by atoms with Gasteiger partial charge in [0.05, 0.1) is 28.1 Å². The van der Waals surface area contributed by atoms with E-state index in [1.807, 2.05) is 31.5 Å². The Hall–Kier alpha value is -3.04. The van der Waals surface area contributed by atoms with Gasteiger partial charge in [-0.05, 0) is 49.5 Å². The highest BCUT2D eigenvalue weighted by Gasteiger charge is 2.42. The van der Waals surface area contributed by atoms with Gasteiger partial charge >= 0.3 is 0 Å². The van der Waals surface area contributed by atoms with Gasteiger partial charge in [-0.25, -0.2) is 4.98 Å². The maximum atomic E-state index is 13.3. The number of thiazole rings is 1. The van der Waals surface area contributed by atoms with E-state index < -0.39 is 24.0 Å². The van der Waals surface area contributed by atoms with Gasteiger partial charge in [0.15, 0.2) is 0 Å². The number of aliphatic hydroxyl groups is 2. The first-order valence-electron chi connectivity index (χ1n) is 11.7. The molecule has 8 nitrogen and oxygen atoms in total. The van der Waals surface area contributed by atoms with Gasteiger partial charge in [0.1, 0.15) is 11.8 Å². The third kappa shape index (κ3) is 6.15. The maximum Gasteiger partial charge on any atom is 0.243 e. The summed E-state index contributed by atoms with van der Waals surface area (Å²) in [5, 5.41) is 31.2. The minimum absolute atomic E-state index is 0.0267. The van der Waals surface area contributed by atoms with Crippen molar-refractivity contribution in [1.82, 2.24) is 15.2 Å². The van der Waals surface area contributed by atoms with E-state index in [0.29, 0.717) is 6.54 Å². The van der Waals surface area contributed by atoms with Crippen molar-refractivity contribution in [3.8, 4) is 10.4 Å². The molecule has 4 N–H and O–H groups in total. The Bertz CT molecular complexity index is 1140. The van der Waals surface area contributed by atoms with E-state index >= 15 is 0 Å². The third-order valence-electron chi connectivity index (χ3n) is 6.28. The van der Waals surface area contributed by atoms with E-state index in [2.05, 4.69) is 16.4 Å². The molecule has 35 heavy (non-hydrogen) atoms. The summed E-state index contributed by atoms with van der Waals surface area (Å²) < 4.78 is 0. The van der Waals surface area contributed by atoms with Gasteiger partial charge in [-0.2, -0.15) is 0 Å². The smallest absolute Gasteiger partial charge is 0.243 e. The quantitative estimate of drug-likeness (QED) is 0.326. The van der Waals surface area contributed by atoms with Crippen molar-refractivity contribution in [2.24, 2.45) is 11.8 Å². The molecule has 2 aromatic rings. The largest absolute Gasteiger partial charge is 0.511 e. The zero-order valence-electron chi connectivity index (χ0n) is 20.8. The Balaban J connectivity index is 1.73. The van der Waals surface area contributed by atoms with Gasteiger partial charge in [-0.15, -0.1) is 11.3 Å². The molecule has 9 heteroatoms. The van der Waals surface area contributed by atoms with Crippen molar-refractivity contribution in [2.75, 3.05) is 6.54 Å². The molecule has 2 amide bonds. The fourth-order valence-electron chi connectivity index (χ4n) is 4.46. The second-order valence-corrected chi connectivity index (χ2v) is 10.4. The number of likely N-dealkylation sites (tertiary alicyclic amines) is 1. The highest BCUT2D eigenvalue weighted by atomic mass is 32.1. The Morgan fingerprint density at radius 2 is 2.06 bits per heavy atom. The minimum atomic E-state index is -0.888. The van der Waals surface area contributed by atoms with E-state index in [9.17, 15) is 19.8 Å². The number of nitrogens with zero attached hydrogens (tertiary/aromatic N) is 2. The number of rotatable bonds is 8. The first-order chi connectivity index (χ1) is 16.5. The molecule has 3 rings (SSSR count). The second-order valence-electron chi connectivity index (χ2n) is 9.50. The standard InChI is InChI=1S/C26H34N4O4S/c1-14(2)23(22(32)9-16(4)27)26(34)30-12-20(31)10-21(30)25(33)28-11-19-7-6-18(8-15(19)3)24-17(5)29-13-35-24/h6-9,13-14,20-21,23,27,31-32H,10-12H2,1-5H3,(H,28,33)/b22-9-,27-16?/t20-,21+,23?/m1/s1. The van der Waals surface area contributed by atoms with Crippen LogP contribution in [0.25, 0.3) is 10.4 Å². The number of carbonyl (C=O) groups is 2. The summed E-state index contributed by atoms with van der Waals surface area (Å²) in [7, 11) is 0. The van der Waals surface area contributed by atoms with Crippen LogP contribution in [0.15, 0.2) is 35.5 Å². The topological polar surface area (TPSA) is 127 Å². The Labute approximate surface area is 210 Å². The van der Waals surface area contributed by atoms with Crippen molar-refractivity contribution >= 4 is 28.9 Å². The average Bonchev–Trinajstić information content (AvgIpc) is 3.37. The van der Waals surface area contributed by atoms with Crippen molar-refractivity contribution in [3.63, 3.8) is 0 Å². The molecule has 2 heterocycles. The summed E-state index contributed by atoms with van der Waals surface area (Å²) >= 11 is 1.59. The molecule has 0 spiro atoms. The fourth-order valence-corrected chi connectivity index (χ4v) is 5.27. The zero-order valence-corrected chi connectivity index (χ0v) is 21.6. The average molecular weight is 499 g/mol. The molecule has 0 saturated carbocycles. The van der Waals surface area contributed by atoms with E-state index in [0.717, 1.165) is 27.3 Å². The SMILES string of the molecule is CC(=N)/C=C(\O)C(C(=O)N1C[C@H](O)C[C@H]1C(=O)NCc1ccc(-c2scnc2C)cc1C)C(C)C. The Morgan fingerprint density at radius 3 is 2.63 bits per heavy atom. The number of allylic oxidation sites excluding steroid dienone is 1. The number of aliphatic hydroxyl groups excluding tert-OH is 2. The number of nitrogens with one attached hydrogen (secondary N) is 2. The summed E-state index contributed by atoms with van der Waals surface area (Å²) in [6.45, 7) is 9.41. The zero-order chi connectivity index (χ0) is 25.9. The van der Waals surface area contributed by atoms with Crippen LogP contribution in [-0.2, 0) is 16.1 Å². The Morgan fingerprint density at radius 1 is 1.34 bits per heavy atom. The van der Waals surface area contributed by atoms with Gasteiger partial charge in [-0.1, -0.05) is 32.0 Å². The summed E-state index contributed by atoms with van der Waals surface area (Å²) in [6, 6.07) is 5.24. The van der Waals surface area contributed by atoms with Crippen LogP contribution in [0.2, 0.25) is 0 Å². The number of carbonyl (C=O) groups excluding carboxylic acids is 2. The van der Waals surface area contributed by atoms with Gasteiger partial charge in [-0.3, -0.25) is 9.59 Å². The number of aryl methyl sites for hydroxylation is 2. The molecular weight excluding hydrogens is 464 g/mol. The lowest BCUT2D eigenvalue weighted by Gasteiger charge is -2.29. The van der Waals surface area contributed by atoms with Crippen molar-refractivity contribution < 1.29 is 19.8 Å². The molecule has 1 unspecified atom stereocenters. The van der Waals surface area contributed by atoms with Crippen LogP contribution in [0.5, 0.6) is 0 Å². The number of amides is 2. The summed E-state index contributed by atoms with van der Waals surface area (Å²) in [4.78, 5) is 33.2. The first-order valence-corrected chi connectivity index (χ1v) is 12.6. The van der Waals surface area contributed by atoms with Gasteiger partial charge in [0.2, 0.25) is 11.8 Å². The van der Waals surface area contributed by atoms with Gasteiger partial charge < -0.3 is 25.8 Å². The van der Waals surface area contributed by atoms with Crippen molar-refractivity contribution in [2.45, 2.75) is 59.7 Å². The minimum Gasteiger partial charge on any atom is -0.511 e. The predicted molar refractivity (Wildman–Crippen MR) is 137 cm³/mol. The number of hydrogen-bond donors (Lipinski definition) is 4. The van der Waals surface area contributed by atoms with Crippen LogP contribution < -0.4 is 5.32 Å². The first kappa shape index (κ1) is 26.6. The molecule has 1 aliphatic heterocycles.